The summed E-state index contributed by atoms with van der Waals surface area (Å²) < 4.78 is 31.2. The highest BCUT2D eigenvalue weighted by Gasteiger charge is 2.10. The molecule has 0 unspecified atom stereocenters. The number of amides is 1. The van der Waals surface area contributed by atoms with Crippen LogP contribution in [0.25, 0.3) is 0 Å². The molecule has 0 bridgehead atoms. The Morgan fingerprint density at radius 3 is 2.75 bits per heavy atom. The smallest absolute Gasteiger partial charge is 0.270 e. The number of aromatic nitrogens is 2. The van der Waals surface area contributed by atoms with Crippen LogP contribution in [0.5, 0.6) is 0 Å². The zero-order valence-electron chi connectivity index (χ0n) is 12.3. The van der Waals surface area contributed by atoms with E-state index in [2.05, 4.69) is 20.6 Å². The number of hydrogen-bond acceptors (Lipinski definition) is 5. The first-order chi connectivity index (χ1) is 11.6. The number of hydrogen-bond donors (Lipinski definition) is 2. The van der Waals surface area contributed by atoms with Crippen molar-refractivity contribution in [1.82, 2.24) is 15.3 Å². The second-order valence-electron chi connectivity index (χ2n) is 4.80. The van der Waals surface area contributed by atoms with Gasteiger partial charge in [-0.25, -0.2) is 18.7 Å². The molecule has 1 amide bonds. The van der Waals surface area contributed by atoms with E-state index in [0.717, 1.165) is 12.1 Å². The van der Waals surface area contributed by atoms with E-state index in [-0.39, 0.29) is 18.1 Å². The monoisotopic (exact) mass is 330 g/mol. The van der Waals surface area contributed by atoms with Crippen molar-refractivity contribution in [1.29, 1.82) is 0 Å². The van der Waals surface area contributed by atoms with Crippen molar-refractivity contribution in [2.45, 2.75) is 6.54 Å². The maximum absolute atomic E-state index is 13.2. The summed E-state index contributed by atoms with van der Waals surface area (Å²) in [5, 5.41) is 5.43. The summed E-state index contributed by atoms with van der Waals surface area (Å²) in [6.45, 7) is 0.224. The zero-order chi connectivity index (χ0) is 16.9. The highest BCUT2D eigenvalue weighted by Crippen LogP contribution is 2.17. The van der Waals surface area contributed by atoms with Crippen molar-refractivity contribution in [2.24, 2.45) is 0 Å². The third-order valence-corrected chi connectivity index (χ3v) is 3.10. The van der Waals surface area contributed by atoms with Crippen molar-refractivity contribution in [3.8, 4) is 0 Å². The molecule has 0 atom stereocenters. The molecule has 8 heteroatoms. The summed E-state index contributed by atoms with van der Waals surface area (Å²) >= 11 is 0. The molecule has 0 spiro atoms. The summed E-state index contributed by atoms with van der Waals surface area (Å²) in [7, 11) is 0. The third-order valence-electron chi connectivity index (χ3n) is 3.10. The van der Waals surface area contributed by atoms with Gasteiger partial charge in [0.2, 0.25) is 0 Å². The standard InChI is InChI=1S/C16H12F2N4O2/c17-12-4-3-10(6-13(12)18)22-15-7-14(20-9-21-15)16(23)19-8-11-2-1-5-24-11/h1-7,9H,8H2,(H,19,23)(H,20,21,22). The normalized spacial score (nSPS) is 10.4. The Bertz CT molecular complexity index is 853. The molecule has 0 saturated carbocycles. The quantitative estimate of drug-likeness (QED) is 0.752. The topological polar surface area (TPSA) is 80.0 Å². The van der Waals surface area contributed by atoms with Crippen LogP contribution in [-0.2, 0) is 6.54 Å². The lowest BCUT2D eigenvalue weighted by molar-refractivity contribution is 0.0943. The van der Waals surface area contributed by atoms with Gasteiger partial charge in [0.05, 0.1) is 12.8 Å². The Morgan fingerprint density at radius 2 is 2.00 bits per heavy atom. The number of halogens is 2. The van der Waals surface area contributed by atoms with E-state index in [1.165, 1.54) is 24.7 Å². The Labute approximate surface area is 135 Å². The van der Waals surface area contributed by atoms with Crippen molar-refractivity contribution < 1.29 is 18.0 Å². The summed E-state index contributed by atoms with van der Waals surface area (Å²) in [4.78, 5) is 19.9. The third kappa shape index (κ3) is 3.72. The van der Waals surface area contributed by atoms with Gasteiger partial charge in [0, 0.05) is 17.8 Å². The second-order valence-corrected chi connectivity index (χ2v) is 4.80. The molecule has 3 rings (SSSR count). The van der Waals surface area contributed by atoms with Crippen LogP contribution in [-0.4, -0.2) is 15.9 Å². The van der Waals surface area contributed by atoms with E-state index in [4.69, 9.17) is 4.42 Å². The predicted molar refractivity (Wildman–Crippen MR) is 81.6 cm³/mol. The number of anilines is 2. The fourth-order valence-electron chi connectivity index (χ4n) is 1.94. The lowest BCUT2D eigenvalue weighted by Gasteiger charge is -2.07. The Morgan fingerprint density at radius 1 is 1.12 bits per heavy atom. The first kappa shape index (κ1) is 15.6. The molecule has 0 saturated heterocycles. The van der Waals surface area contributed by atoms with Gasteiger partial charge < -0.3 is 15.1 Å². The van der Waals surface area contributed by atoms with Gasteiger partial charge in [-0.05, 0) is 24.3 Å². The molecule has 0 radical (unpaired) electrons. The molecular weight excluding hydrogens is 318 g/mol. The van der Waals surface area contributed by atoms with E-state index >= 15 is 0 Å². The minimum Gasteiger partial charge on any atom is -0.467 e. The molecule has 0 aliphatic heterocycles. The Hall–Kier alpha value is -3.29. The maximum atomic E-state index is 13.2. The first-order valence-electron chi connectivity index (χ1n) is 6.96. The number of furan rings is 1. The van der Waals surface area contributed by atoms with Crippen LogP contribution >= 0.6 is 0 Å². The number of nitrogens with one attached hydrogen (secondary N) is 2. The zero-order valence-corrected chi connectivity index (χ0v) is 12.3. The van der Waals surface area contributed by atoms with Crippen LogP contribution < -0.4 is 10.6 Å². The largest absolute Gasteiger partial charge is 0.467 e. The lowest BCUT2D eigenvalue weighted by Crippen LogP contribution is -2.23. The Balaban J connectivity index is 1.68. The second kappa shape index (κ2) is 6.86. The minimum absolute atomic E-state index is 0.127. The van der Waals surface area contributed by atoms with Gasteiger partial charge in [-0.1, -0.05) is 0 Å². The number of benzene rings is 1. The van der Waals surface area contributed by atoms with Crippen molar-refractivity contribution in [2.75, 3.05) is 5.32 Å². The summed E-state index contributed by atoms with van der Waals surface area (Å²) in [5.41, 5.74) is 0.427. The fraction of sp³-hybridized carbons (Fsp3) is 0.0625. The molecular formula is C16H12F2N4O2. The van der Waals surface area contributed by atoms with E-state index in [0.29, 0.717) is 11.4 Å². The number of carbonyl (C=O) groups is 1. The van der Waals surface area contributed by atoms with Crippen LogP contribution in [0.1, 0.15) is 16.2 Å². The van der Waals surface area contributed by atoms with Crippen molar-refractivity contribution >= 4 is 17.4 Å². The lowest BCUT2D eigenvalue weighted by atomic mass is 10.3. The van der Waals surface area contributed by atoms with Gasteiger partial charge in [-0.3, -0.25) is 4.79 Å². The van der Waals surface area contributed by atoms with Crippen molar-refractivity contribution in [3.63, 3.8) is 0 Å². The molecule has 2 heterocycles. The van der Waals surface area contributed by atoms with Gasteiger partial charge in [-0.15, -0.1) is 0 Å². The van der Waals surface area contributed by atoms with Gasteiger partial charge >= 0.3 is 0 Å². The summed E-state index contributed by atoms with van der Waals surface area (Å²) in [6, 6.07) is 8.20. The molecule has 0 aliphatic rings. The maximum Gasteiger partial charge on any atom is 0.270 e. The van der Waals surface area contributed by atoms with Gasteiger partial charge in [-0.2, -0.15) is 0 Å². The predicted octanol–water partition coefficient (Wildman–Crippen LogP) is 3.02. The van der Waals surface area contributed by atoms with Crippen LogP contribution in [0, 0.1) is 11.6 Å². The Kier molecular flexibility index (Phi) is 4.46. The highest BCUT2D eigenvalue weighted by molar-refractivity contribution is 5.92. The number of carbonyl (C=O) groups excluding carboxylic acids is 1. The van der Waals surface area contributed by atoms with Crippen LogP contribution in [0.2, 0.25) is 0 Å². The summed E-state index contributed by atoms with van der Waals surface area (Å²) in [6.07, 6.45) is 2.71. The van der Waals surface area contributed by atoms with E-state index < -0.39 is 17.5 Å². The molecule has 1 aromatic carbocycles. The molecule has 0 aliphatic carbocycles. The van der Waals surface area contributed by atoms with Crippen LogP contribution in [0.15, 0.2) is 53.4 Å². The number of nitrogens with zero attached hydrogens (tertiary/aromatic N) is 2. The average molecular weight is 330 g/mol. The van der Waals surface area contributed by atoms with E-state index in [9.17, 15) is 13.6 Å². The van der Waals surface area contributed by atoms with Gasteiger partial charge in [0.15, 0.2) is 11.6 Å². The van der Waals surface area contributed by atoms with E-state index in [1.807, 2.05) is 0 Å². The molecule has 24 heavy (non-hydrogen) atoms. The molecule has 3 aromatic rings. The van der Waals surface area contributed by atoms with Crippen LogP contribution in [0.3, 0.4) is 0 Å². The minimum atomic E-state index is -0.981. The molecule has 6 nitrogen and oxygen atoms in total. The number of rotatable bonds is 5. The van der Waals surface area contributed by atoms with Crippen molar-refractivity contribution in [3.05, 3.63) is 72.1 Å². The fourth-order valence-corrected chi connectivity index (χ4v) is 1.94. The molecule has 122 valence electrons. The molecule has 0 fully saturated rings. The highest BCUT2D eigenvalue weighted by atomic mass is 19.2. The van der Waals surface area contributed by atoms with Crippen LogP contribution in [0.4, 0.5) is 20.3 Å². The van der Waals surface area contributed by atoms with Gasteiger partial charge in [0.1, 0.15) is 23.6 Å². The van der Waals surface area contributed by atoms with E-state index in [1.54, 1.807) is 12.1 Å². The first-order valence-corrected chi connectivity index (χ1v) is 6.96. The average Bonchev–Trinajstić information content (AvgIpc) is 3.10. The van der Waals surface area contributed by atoms with Gasteiger partial charge in [0.25, 0.3) is 5.91 Å². The summed E-state index contributed by atoms with van der Waals surface area (Å²) in [5.74, 6) is -1.45. The molecule has 2 N–H and O–H groups in total. The molecule has 2 aromatic heterocycles. The SMILES string of the molecule is O=C(NCc1ccco1)c1cc(Nc2ccc(F)c(F)c2)ncn1.